The van der Waals surface area contributed by atoms with E-state index in [9.17, 15) is 9.59 Å². The molecule has 0 bridgehead atoms. The third-order valence-corrected chi connectivity index (χ3v) is 2.77. The number of fused-ring (bicyclic) bond motifs is 1. The highest BCUT2D eigenvalue weighted by Gasteiger charge is 2.17. The van der Waals surface area contributed by atoms with Crippen LogP contribution in [0.3, 0.4) is 0 Å². The number of pyridine rings is 1. The van der Waals surface area contributed by atoms with Crippen LogP contribution < -0.4 is 0 Å². The fraction of sp³-hybridized carbons (Fsp3) is 0.214. The molecule has 98 valence electrons. The minimum atomic E-state index is -0.589. The van der Waals surface area contributed by atoms with Crippen molar-refractivity contribution in [2.45, 2.75) is 6.92 Å². The minimum absolute atomic E-state index is 0.0843. The van der Waals surface area contributed by atoms with Crippen molar-refractivity contribution in [2.75, 3.05) is 14.2 Å². The second-order valence-electron chi connectivity index (χ2n) is 4.06. The van der Waals surface area contributed by atoms with Gasteiger partial charge in [0.05, 0.1) is 25.3 Å². The van der Waals surface area contributed by atoms with E-state index >= 15 is 0 Å². The summed E-state index contributed by atoms with van der Waals surface area (Å²) in [6, 6.07) is 6.84. The van der Waals surface area contributed by atoms with Gasteiger partial charge in [0.25, 0.3) is 0 Å². The molecule has 0 amide bonds. The maximum Gasteiger partial charge on any atom is 0.356 e. The predicted molar refractivity (Wildman–Crippen MR) is 69.2 cm³/mol. The Morgan fingerprint density at radius 1 is 1.05 bits per heavy atom. The molecule has 19 heavy (non-hydrogen) atoms. The molecule has 0 saturated heterocycles. The predicted octanol–water partition coefficient (Wildman–Crippen LogP) is 2.12. The maximum absolute atomic E-state index is 11.8. The Balaban J connectivity index is 2.76. The second kappa shape index (κ2) is 5.06. The number of benzene rings is 1. The van der Waals surface area contributed by atoms with E-state index in [4.69, 9.17) is 4.74 Å². The molecule has 2 rings (SSSR count). The lowest BCUT2D eigenvalue weighted by Crippen LogP contribution is -2.09. The first-order valence-electron chi connectivity index (χ1n) is 5.65. The fourth-order valence-corrected chi connectivity index (χ4v) is 1.83. The van der Waals surface area contributed by atoms with Crippen molar-refractivity contribution in [3.8, 4) is 0 Å². The van der Waals surface area contributed by atoms with Crippen LogP contribution in [-0.2, 0) is 9.47 Å². The molecule has 0 aliphatic carbocycles. The molecule has 0 saturated carbocycles. The van der Waals surface area contributed by atoms with Gasteiger partial charge in [-0.3, -0.25) is 0 Å². The molecule has 1 aromatic carbocycles. The Morgan fingerprint density at radius 3 is 2.37 bits per heavy atom. The second-order valence-corrected chi connectivity index (χ2v) is 4.06. The number of esters is 2. The van der Waals surface area contributed by atoms with Crippen LogP contribution in [0.15, 0.2) is 24.3 Å². The number of carbonyl (C=O) groups excluding carboxylic acids is 2. The highest BCUT2D eigenvalue weighted by atomic mass is 16.5. The molecule has 0 aliphatic heterocycles. The first-order valence-corrected chi connectivity index (χ1v) is 5.65. The van der Waals surface area contributed by atoms with Crippen LogP contribution >= 0.6 is 0 Å². The van der Waals surface area contributed by atoms with Crippen molar-refractivity contribution in [3.05, 3.63) is 41.1 Å². The normalized spacial score (nSPS) is 10.3. The van der Waals surface area contributed by atoms with Gasteiger partial charge in [-0.05, 0) is 24.6 Å². The van der Waals surface area contributed by atoms with E-state index in [2.05, 4.69) is 9.72 Å². The van der Waals surface area contributed by atoms with Crippen molar-refractivity contribution < 1.29 is 19.1 Å². The summed E-state index contributed by atoms with van der Waals surface area (Å²) in [4.78, 5) is 27.5. The lowest BCUT2D eigenvalue weighted by atomic mass is 10.1. The largest absolute Gasteiger partial charge is 0.465 e. The Labute approximate surface area is 110 Å². The Kier molecular flexibility index (Phi) is 3.46. The molecule has 0 fully saturated rings. The molecule has 5 nitrogen and oxygen atoms in total. The lowest BCUT2D eigenvalue weighted by Gasteiger charge is -2.07. The first-order chi connectivity index (χ1) is 9.06. The summed E-state index contributed by atoms with van der Waals surface area (Å²) in [5.74, 6) is -1.10. The summed E-state index contributed by atoms with van der Waals surface area (Å²) < 4.78 is 9.35. The van der Waals surface area contributed by atoms with Gasteiger partial charge in [-0.25, -0.2) is 14.6 Å². The number of rotatable bonds is 2. The maximum atomic E-state index is 11.8. The molecule has 1 heterocycles. The van der Waals surface area contributed by atoms with Crippen molar-refractivity contribution in [1.29, 1.82) is 0 Å². The third-order valence-electron chi connectivity index (χ3n) is 2.77. The Bertz CT molecular complexity index is 664. The van der Waals surface area contributed by atoms with Crippen molar-refractivity contribution in [3.63, 3.8) is 0 Å². The van der Waals surface area contributed by atoms with E-state index in [0.717, 1.165) is 5.56 Å². The molecule has 0 radical (unpaired) electrons. The number of nitrogens with zero attached hydrogens (tertiary/aromatic N) is 1. The molecule has 0 N–H and O–H groups in total. The van der Waals surface area contributed by atoms with Gasteiger partial charge in [0.1, 0.15) is 5.69 Å². The lowest BCUT2D eigenvalue weighted by molar-refractivity contribution is 0.0594. The number of hydrogen-bond acceptors (Lipinski definition) is 5. The Hall–Kier alpha value is -2.43. The number of aryl methyl sites for hydroxylation is 1. The summed E-state index contributed by atoms with van der Waals surface area (Å²) >= 11 is 0. The number of methoxy groups -OCH3 is 2. The van der Waals surface area contributed by atoms with Crippen LogP contribution in [0.1, 0.15) is 26.4 Å². The average molecular weight is 259 g/mol. The highest BCUT2D eigenvalue weighted by Crippen LogP contribution is 2.21. The van der Waals surface area contributed by atoms with E-state index in [-0.39, 0.29) is 5.69 Å². The van der Waals surface area contributed by atoms with E-state index < -0.39 is 11.9 Å². The van der Waals surface area contributed by atoms with Crippen LogP contribution in [0.5, 0.6) is 0 Å². The zero-order chi connectivity index (χ0) is 14.0. The van der Waals surface area contributed by atoms with E-state index in [1.165, 1.54) is 20.3 Å². The topological polar surface area (TPSA) is 65.5 Å². The molecule has 0 aliphatic rings. The van der Waals surface area contributed by atoms with Crippen LogP contribution in [0.2, 0.25) is 0 Å². The summed E-state index contributed by atoms with van der Waals surface area (Å²) in [7, 11) is 2.56. The molecule has 0 spiro atoms. The number of ether oxygens (including phenoxy) is 2. The summed E-state index contributed by atoms with van der Waals surface area (Å²) in [6.45, 7) is 1.91. The fourth-order valence-electron chi connectivity index (χ4n) is 1.83. The van der Waals surface area contributed by atoms with E-state index in [1.54, 1.807) is 12.1 Å². The summed E-state index contributed by atoms with van der Waals surface area (Å²) in [6.07, 6.45) is 0. The molecule has 5 heteroatoms. The summed E-state index contributed by atoms with van der Waals surface area (Å²) in [5.41, 5.74) is 1.93. The molecular weight excluding hydrogens is 246 g/mol. The van der Waals surface area contributed by atoms with E-state index in [1.807, 2.05) is 13.0 Å². The van der Waals surface area contributed by atoms with E-state index in [0.29, 0.717) is 16.5 Å². The zero-order valence-corrected chi connectivity index (χ0v) is 10.9. The standard InChI is InChI=1S/C14H13NO4/c1-8-4-5-9-10(13(16)18-2)7-12(14(17)19-3)15-11(9)6-8/h4-7H,1-3H3. The summed E-state index contributed by atoms with van der Waals surface area (Å²) in [5, 5.41) is 0.644. The molecule has 2 aromatic rings. The monoisotopic (exact) mass is 259 g/mol. The highest BCUT2D eigenvalue weighted by molar-refractivity contribution is 6.05. The van der Waals surface area contributed by atoms with Gasteiger partial charge in [0.15, 0.2) is 0 Å². The van der Waals surface area contributed by atoms with Crippen LogP contribution in [-0.4, -0.2) is 31.1 Å². The zero-order valence-electron chi connectivity index (χ0n) is 10.9. The van der Waals surface area contributed by atoms with Gasteiger partial charge in [-0.1, -0.05) is 12.1 Å². The number of carbonyl (C=O) groups is 2. The molecule has 0 atom stereocenters. The minimum Gasteiger partial charge on any atom is -0.465 e. The molecular formula is C14H13NO4. The molecule has 0 unspecified atom stereocenters. The van der Waals surface area contributed by atoms with Crippen LogP contribution in [0.4, 0.5) is 0 Å². The first kappa shape index (κ1) is 13.0. The van der Waals surface area contributed by atoms with Crippen molar-refractivity contribution in [1.82, 2.24) is 4.98 Å². The van der Waals surface area contributed by atoms with Gasteiger partial charge in [-0.15, -0.1) is 0 Å². The SMILES string of the molecule is COC(=O)c1cc(C(=O)OC)c2ccc(C)cc2n1. The number of aromatic nitrogens is 1. The van der Waals surface area contributed by atoms with Gasteiger partial charge >= 0.3 is 11.9 Å². The van der Waals surface area contributed by atoms with Gasteiger partial charge in [-0.2, -0.15) is 0 Å². The van der Waals surface area contributed by atoms with Gasteiger partial charge in [0, 0.05) is 5.39 Å². The average Bonchev–Trinajstić information content (AvgIpc) is 2.43. The van der Waals surface area contributed by atoms with Gasteiger partial charge < -0.3 is 9.47 Å². The third kappa shape index (κ3) is 2.40. The van der Waals surface area contributed by atoms with Crippen LogP contribution in [0.25, 0.3) is 10.9 Å². The Morgan fingerprint density at radius 2 is 1.74 bits per heavy atom. The van der Waals surface area contributed by atoms with Crippen LogP contribution in [0, 0.1) is 6.92 Å². The molecule has 1 aromatic heterocycles. The van der Waals surface area contributed by atoms with Crippen molar-refractivity contribution in [2.24, 2.45) is 0 Å². The van der Waals surface area contributed by atoms with Crippen molar-refractivity contribution >= 4 is 22.8 Å². The van der Waals surface area contributed by atoms with Gasteiger partial charge in [0.2, 0.25) is 0 Å². The smallest absolute Gasteiger partial charge is 0.356 e. The quantitative estimate of drug-likeness (QED) is 0.773. The number of hydrogen-bond donors (Lipinski definition) is 0.